The Morgan fingerprint density at radius 1 is 1.25 bits per heavy atom. The first-order chi connectivity index (χ1) is 13.4. The van der Waals surface area contributed by atoms with Crippen molar-refractivity contribution in [1.82, 2.24) is 5.48 Å². The van der Waals surface area contributed by atoms with E-state index in [2.05, 4.69) is 0 Å². The van der Waals surface area contributed by atoms with Crippen molar-refractivity contribution in [1.29, 1.82) is 0 Å². The Balaban J connectivity index is 1.88. The number of benzene rings is 1. The van der Waals surface area contributed by atoms with Gasteiger partial charge in [0.05, 0.1) is 6.10 Å². The molecule has 154 valence electrons. The predicted molar refractivity (Wildman–Crippen MR) is 105 cm³/mol. The molecule has 1 aromatic carbocycles. The molecule has 2 N–H and O–H groups in total. The molecule has 1 aromatic heterocycles. The van der Waals surface area contributed by atoms with E-state index in [9.17, 15) is 9.18 Å². The maximum atomic E-state index is 13.1. The molecule has 0 spiro atoms. The highest BCUT2D eigenvalue weighted by molar-refractivity contribution is 5.77. The third-order valence-corrected chi connectivity index (χ3v) is 4.90. The minimum absolute atomic E-state index is 0.320. The molecule has 0 aliphatic carbocycles. The first-order valence-electron chi connectivity index (χ1n) is 9.44. The minimum Gasteiger partial charge on any atom is -0.446 e. The summed E-state index contributed by atoms with van der Waals surface area (Å²) >= 11 is 0. The number of furan rings is 1. The number of methoxy groups -OCH3 is 1. The number of carbonyl (C=O) groups excluding carboxylic acids is 1. The highest BCUT2D eigenvalue weighted by atomic mass is 19.1. The lowest BCUT2D eigenvalue weighted by molar-refractivity contribution is -0.135. The van der Waals surface area contributed by atoms with Crippen molar-refractivity contribution in [2.24, 2.45) is 5.92 Å². The zero-order valence-electron chi connectivity index (χ0n) is 16.7. The van der Waals surface area contributed by atoms with Gasteiger partial charge >= 0.3 is 0 Å². The summed E-state index contributed by atoms with van der Waals surface area (Å²) in [4.78, 5) is 14.1. The molecule has 0 saturated carbocycles. The van der Waals surface area contributed by atoms with Gasteiger partial charge in [-0.2, -0.15) is 0 Å². The van der Waals surface area contributed by atoms with Crippen molar-refractivity contribution in [2.75, 3.05) is 25.6 Å². The van der Waals surface area contributed by atoms with Crippen molar-refractivity contribution in [2.45, 2.75) is 38.7 Å². The van der Waals surface area contributed by atoms with E-state index in [1.807, 2.05) is 31.0 Å². The summed E-state index contributed by atoms with van der Waals surface area (Å²) in [6, 6.07) is 9.90. The second kappa shape index (κ2) is 10.8. The van der Waals surface area contributed by atoms with E-state index < -0.39 is 11.8 Å². The van der Waals surface area contributed by atoms with E-state index in [0.29, 0.717) is 12.8 Å². The van der Waals surface area contributed by atoms with Crippen molar-refractivity contribution >= 4 is 11.8 Å². The Kier molecular flexibility index (Phi) is 8.47. The number of hydroxylamine groups is 1. The minimum atomic E-state index is -0.431. The first-order valence-corrected chi connectivity index (χ1v) is 9.44. The van der Waals surface area contributed by atoms with Crippen LogP contribution in [0.15, 0.2) is 40.8 Å². The van der Waals surface area contributed by atoms with Crippen LogP contribution in [0.25, 0.3) is 0 Å². The van der Waals surface area contributed by atoms with Gasteiger partial charge in [-0.3, -0.25) is 10.0 Å². The SMILES string of the molecule is CO[C@H](C[C@H](CCCCN(C)c1ccc(C)o1)C(=O)NO)c1ccc(F)cc1. The van der Waals surface area contributed by atoms with Gasteiger partial charge in [0.2, 0.25) is 5.91 Å². The lowest BCUT2D eigenvalue weighted by Crippen LogP contribution is -2.29. The van der Waals surface area contributed by atoms with E-state index in [4.69, 9.17) is 14.4 Å². The van der Waals surface area contributed by atoms with Crippen LogP contribution in [0.4, 0.5) is 10.3 Å². The van der Waals surface area contributed by atoms with E-state index in [1.165, 1.54) is 12.1 Å². The molecule has 0 aliphatic heterocycles. The zero-order chi connectivity index (χ0) is 20.5. The highest BCUT2D eigenvalue weighted by Crippen LogP contribution is 2.28. The number of hydrogen-bond donors (Lipinski definition) is 2. The van der Waals surface area contributed by atoms with Crippen molar-refractivity contribution in [3.8, 4) is 0 Å². The molecule has 0 aliphatic rings. The molecule has 0 radical (unpaired) electrons. The molecule has 2 atom stereocenters. The first kappa shape index (κ1) is 21.9. The van der Waals surface area contributed by atoms with Crippen LogP contribution in [0.2, 0.25) is 0 Å². The third kappa shape index (κ3) is 6.35. The Hall–Kier alpha value is -2.38. The summed E-state index contributed by atoms with van der Waals surface area (Å²) in [6.07, 6.45) is 2.35. The molecule has 2 aromatic rings. The van der Waals surface area contributed by atoms with Gasteiger partial charge in [0.15, 0.2) is 5.88 Å². The van der Waals surface area contributed by atoms with Gasteiger partial charge in [-0.25, -0.2) is 9.87 Å². The number of hydrogen-bond acceptors (Lipinski definition) is 5. The number of halogens is 1. The van der Waals surface area contributed by atoms with Gasteiger partial charge < -0.3 is 14.1 Å². The second-order valence-electron chi connectivity index (χ2n) is 6.99. The van der Waals surface area contributed by atoms with Gasteiger partial charge in [-0.05, 0) is 49.9 Å². The molecule has 1 amide bonds. The number of rotatable bonds is 11. The van der Waals surface area contributed by atoms with Gasteiger partial charge in [0, 0.05) is 32.7 Å². The Bertz CT molecular complexity index is 732. The number of amides is 1. The number of anilines is 1. The molecule has 0 fully saturated rings. The monoisotopic (exact) mass is 392 g/mol. The van der Waals surface area contributed by atoms with Crippen LogP contribution >= 0.6 is 0 Å². The van der Waals surface area contributed by atoms with Gasteiger partial charge in [0.1, 0.15) is 11.6 Å². The number of nitrogens with one attached hydrogen (secondary N) is 1. The van der Waals surface area contributed by atoms with E-state index in [-0.39, 0.29) is 11.9 Å². The average Bonchev–Trinajstić information content (AvgIpc) is 3.14. The number of unbranched alkanes of at least 4 members (excludes halogenated alkanes) is 1. The number of aryl methyl sites for hydroxylation is 1. The molecule has 6 nitrogen and oxygen atoms in total. The molecular formula is C21H29FN2O4. The largest absolute Gasteiger partial charge is 0.446 e. The van der Waals surface area contributed by atoms with E-state index >= 15 is 0 Å². The van der Waals surface area contributed by atoms with Crippen LogP contribution in [0.5, 0.6) is 0 Å². The third-order valence-electron chi connectivity index (χ3n) is 4.90. The molecule has 7 heteroatoms. The normalized spacial score (nSPS) is 13.2. The average molecular weight is 392 g/mol. The maximum Gasteiger partial charge on any atom is 0.246 e. The summed E-state index contributed by atoms with van der Waals surface area (Å²) < 4.78 is 24.2. The lowest BCUT2D eigenvalue weighted by Gasteiger charge is -2.22. The summed E-state index contributed by atoms with van der Waals surface area (Å²) in [7, 11) is 3.52. The topological polar surface area (TPSA) is 74.9 Å². The Morgan fingerprint density at radius 2 is 1.96 bits per heavy atom. The van der Waals surface area contributed by atoms with Crippen molar-refractivity contribution in [3.05, 3.63) is 53.5 Å². The fourth-order valence-corrected chi connectivity index (χ4v) is 3.23. The van der Waals surface area contributed by atoms with Crippen molar-refractivity contribution < 1.29 is 23.5 Å². The summed E-state index contributed by atoms with van der Waals surface area (Å²) in [5.41, 5.74) is 2.55. The lowest BCUT2D eigenvalue weighted by atomic mass is 9.91. The summed E-state index contributed by atoms with van der Waals surface area (Å²) in [6.45, 7) is 2.70. The Labute approximate surface area is 165 Å². The van der Waals surface area contributed by atoms with E-state index in [0.717, 1.165) is 36.6 Å². The van der Waals surface area contributed by atoms with Crippen LogP contribution in [0.3, 0.4) is 0 Å². The maximum absolute atomic E-state index is 13.1. The highest BCUT2D eigenvalue weighted by Gasteiger charge is 2.24. The van der Waals surface area contributed by atoms with Gasteiger partial charge in [-0.1, -0.05) is 18.6 Å². The second-order valence-corrected chi connectivity index (χ2v) is 6.99. The molecule has 28 heavy (non-hydrogen) atoms. The summed E-state index contributed by atoms with van der Waals surface area (Å²) in [5.74, 6) is 0.528. The molecular weight excluding hydrogens is 363 g/mol. The fourth-order valence-electron chi connectivity index (χ4n) is 3.23. The predicted octanol–water partition coefficient (Wildman–Crippen LogP) is 4.23. The van der Waals surface area contributed by atoms with Crippen LogP contribution in [-0.4, -0.2) is 31.8 Å². The number of carbonyl (C=O) groups is 1. The molecule has 2 rings (SSSR count). The van der Waals surface area contributed by atoms with Crippen LogP contribution in [0.1, 0.15) is 43.1 Å². The Morgan fingerprint density at radius 3 is 2.54 bits per heavy atom. The van der Waals surface area contributed by atoms with Crippen molar-refractivity contribution in [3.63, 3.8) is 0 Å². The molecule has 0 saturated heterocycles. The number of nitrogens with zero attached hydrogens (tertiary/aromatic N) is 1. The van der Waals surface area contributed by atoms with Gasteiger partial charge in [-0.15, -0.1) is 0 Å². The molecule has 0 bridgehead atoms. The standard InChI is InChI=1S/C21H29FN2O4/c1-15-7-12-20(28-15)24(2)13-5-4-6-17(21(25)23-26)14-19(27-3)16-8-10-18(22)11-9-16/h7-12,17,19,26H,4-6,13-14H2,1-3H3,(H,23,25)/t17-,19+/m0/s1. The van der Waals surface area contributed by atoms with E-state index in [1.54, 1.807) is 24.7 Å². The fraction of sp³-hybridized carbons (Fsp3) is 0.476. The van der Waals surface area contributed by atoms with Crippen LogP contribution in [0, 0.1) is 18.7 Å². The molecule has 0 unspecified atom stereocenters. The smallest absolute Gasteiger partial charge is 0.246 e. The van der Waals surface area contributed by atoms with Gasteiger partial charge in [0.25, 0.3) is 0 Å². The number of ether oxygens (including phenoxy) is 1. The quantitative estimate of drug-likeness (QED) is 0.340. The zero-order valence-corrected chi connectivity index (χ0v) is 16.7. The van der Waals surface area contributed by atoms with Crippen LogP contribution in [-0.2, 0) is 9.53 Å². The van der Waals surface area contributed by atoms with Crippen LogP contribution < -0.4 is 10.4 Å². The summed E-state index contributed by atoms with van der Waals surface area (Å²) in [5, 5.41) is 9.08. The molecule has 1 heterocycles.